The fourth-order valence-corrected chi connectivity index (χ4v) is 1.99. The van der Waals surface area contributed by atoms with Crippen molar-refractivity contribution in [3.05, 3.63) is 59.4 Å². The van der Waals surface area contributed by atoms with Crippen LogP contribution in [0.2, 0.25) is 0 Å². The van der Waals surface area contributed by atoms with Gasteiger partial charge >= 0.3 is 0 Å². The fraction of sp³-hybridized carbons (Fsp3) is 0.235. The first-order valence-electron chi connectivity index (χ1n) is 6.43. The zero-order valence-corrected chi connectivity index (χ0v) is 11.5. The number of amides is 1. The van der Waals surface area contributed by atoms with Crippen LogP contribution < -0.4 is 5.32 Å². The summed E-state index contributed by atoms with van der Waals surface area (Å²) in [5, 5.41) is 2.66. The highest BCUT2D eigenvalue weighted by molar-refractivity contribution is 5.84. The molecule has 0 radical (unpaired) electrons. The highest BCUT2D eigenvalue weighted by atomic mass is 19.1. The molecule has 0 spiro atoms. The number of hydrogen-bond acceptors (Lipinski definition) is 1. The molecule has 1 aromatic carbocycles. The van der Waals surface area contributed by atoms with Crippen molar-refractivity contribution in [3.63, 3.8) is 0 Å². The van der Waals surface area contributed by atoms with Crippen molar-refractivity contribution < 1.29 is 10.6 Å². The number of benzene rings is 1. The molecule has 20 heavy (non-hydrogen) atoms. The second-order valence-electron chi connectivity index (χ2n) is 4.95. The van der Waals surface area contributed by atoms with Gasteiger partial charge in [0, 0.05) is 19.6 Å². The van der Waals surface area contributed by atoms with Crippen molar-refractivity contribution in [1.82, 2.24) is 5.32 Å². The third kappa shape index (κ3) is 3.16. The number of rotatable bonds is 1. The molecule has 0 bridgehead atoms. The van der Waals surface area contributed by atoms with E-state index in [2.05, 4.69) is 17.2 Å². The lowest BCUT2D eigenvalue weighted by Crippen LogP contribution is -2.35. The normalized spacial score (nSPS) is 20.6. The Morgan fingerprint density at radius 2 is 2.25 bits per heavy atom. The topological polar surface area (TPSA) is 29.1 Å². The molecule has 0 heterocycles. The van der Waals surface area contributed by atoms with Gasteiger partial charge in [-0.05, 0) is 37.6 Å². The summed E-state index contributed by atoms with van der Waals surface area (Å²) in [5.74, 6) is 5.60. The third-order valence-corrected chi connectivity index (χ3v) is 3.30. The van der Waals surface area contributed by atoms with Crippen molar-refractivity contribution in [2.45, 2.75) is 13.3 Å². The maximum Gasteiger partial charge on any atom is 0.229 e. The molecule has 3 heteroatoms. The van der Waals surface area contributed by atoms with E-state index in [-0.39, 0.29) is 13.2 Å². The summed E-state index contributed by atoms with van der Waals surface area (Å²) in [6.45, 7) is 1.88. The van der Waals surface area contributed by atoms with E-state index in [4.69, 9.17) is 0 Å². The standard InChI is InChI=1S/C17H16FNO.H2/c1-17(16(20)19-2)10-8-13(9-11-17)6-7-14-4-3-5-15(18)12-14;/h3-5,8-10,12H,11H2,1-2H3,(H,19,20);1H. The van der Waals surface area contributed by atoms with Gasteiger partial charge in [0.2, 0.25) is 5.91 Å². The SMILES string of the molecule is CNC(=O)C1(C)C=CC(C#Cc2cccc(F)c2)=CC1.[HH]. The molecule has 1 N–H and O–H groups in total. The lowest BCUT2D eigenvalue weighted by Gasteiger charge is -2.24. The van der Waals surface area contributed by atoms with E-state index >= 15 is 0 Å². The van der Waals surface area contributed by atoms with Crippen molar-refractivity contribution in [3.8, 4) is 11.8 Å². The van der Waals surface area contributed by atoms with E-state index in [1.54, 1.807) is 19.2 Å². The molecule has 1 aromatic rings. The van der Waals surface area contributed by atoms with Crippen LogP contribution in [0.5, 0.6) is 0 Å². The second kappa shape index (κ2) is 5.75. The predicted octanol–water partition coefficient (Wildman–Crippen LogP) is 3.06. The monoisotopic (exact) mass is 271 g/mol. The van der Waals surface area contributed by atoms with Gasteiger partial charge in [-0.3, -0.25) is 4.79 Å². The molecular weight excluding hydrogens is 253 g/mol. The molecule has 1 amide bonds. The molecule has 1 aliphatic carbocycles. The predicted molar refractivity (Wildman–Crippen MR) is 79.4 cm³/mol. The Balaban J connectivity index is 0.00000220. The van der Waals surface area contributed by atoms with E-state index in [0.29, 0.717) is 12.0 Å². The van der Waals surface area contributed by atoms with E-state index in [1.165, 1.54) is 12.1 Å². The fourth-order valence-electron chi connectivity index (χ4n) is 1.99. The number of hydrogen-bond donors (Lipinski definition) is 1. The van der Waals surface area contributed by atoms with Crippen molar-refractivity contribution in [2.24, 2.45) is 5.41 Å². The molecule has 0 aliphatic heterocycles. The summed E-state index contributed by atoms with van der Waals surface area (Å²) in [7, 11) is 1.63. The largest absolute Gasteiger partial charge is 0.358 e. The van der Waals surface area contributed by atoms with Crippen LogP contribution in [0, 0.1) is 23.1 Å². The third-order valence-electron chi connectivity index (χ3n) is 3.30. The van der Waals surface area contributed by atoms with Crippen LogP contribution in [0.1, 0.15) is 20.3 Å². The van der Waals surface area contributed by atoms with Crippen LogP contribution in [0.3, 0.4) is 0 Å². The Hall–Kier alpha value is -2.34. The molecule has 2 rings (SSSR count). The van der Waals surface area contributed by atoms with Gasteiger partial charge in [0.1, 0.15) is 5.82 Å². The molecule has 1 atom stereocenters. The minimum absolute atomic E-state index is 0. The molecule has 0 saturated carbocycles. The number of carbonyl (C=O) groups excluding carboxylic acids is 1. The van der Waals surface area contributed by atoms with Crippen molar-refractivity contribution in [1.29, 1.82) is 0 Å². The second-order valence-corrected chi connectivity index (χ2v) is 4.95. The smallest absolute Gasteiger partial charge is 0.229 e. The molecule has 2 nitrogen and oxygen atoms in total. The first-order valence-corrected chi connectivity index (χ1v) is 6.43. The summed E-state index contributed by atoms with van der Waals surface area (Å²) >= 11 is 0. The van der Waals surface area contributed by atoms with Crippen LogP contribution in [0.25, 0.3) is 0 Å². The Morgan fingerprint density at radius 3 is 2.85 bits per heavy atom. The van der Waals surface area contributed by atoms with E-state index in [1.807, 2.05) is 25.2 Å². The van der Waals surface area contributed by atoms with E-state index in [9.17, 15) is 9.18 Å². The number of nitrogens with one attached hydrogen (secondary N) is 1. The zero-order valence-electron chi connectivity index (χ0n) is 11.5. The van der Waals surface area contributed by atoms with Crippen LogP contribution >= 0.6 is 0 Å². The van der Waals surface area contributed by atoms with Gasteiger partial charge < -0.3 is 5.32 Å². The number of allylic oxidation sites excluding steroid dienone is 3. The Morgan fingerprint density at radius 1 is 1.45 bits per heavy atom. The summed E-state index contributed by atoms with van der Waals surface area (Å²) in [6.07, 6.45) is 6.24. The van der Waals surface area contributed by atoms with Crippen molar-refractivity contribution >= 4 is 5.91 Å². The molecule has 1 unspecified atom stereocenters. The number of carbonyl (C=O) groups is 1. The summed E-state index contributed by atoms with van der Waals surface area (Å²) in [5.41, 5.74) is 0.966. The van der Waals surface area contributed by atoms with Crippen LogP contribution in [-0.2, 0) is 4.79 Å². The van der Waals surface area contributed by atoms with Crippen LogP contribution in [-0.4, -0.2) is 13.0 Å². The summed E-state index contributed by atoms with van der Waals surface area (Å²) in [6, 6.07) is 6.18. The van der Waals surface area contributed by atoms with Crippen molar-refractivity contribution in [2.75, 3.05) is 7.05 Å². The average molecular weight is 271 g/mol. The maximum atomic E-state index is 13.0. The lowest BCUT2D eigenvalue weighted by molar-refractivity contribution is -0.127. The molecule has 0 aromatic heterocycles. The Bertz CT molecular complexity index is 654. The Kier molecular flexibility index (Phi) is 4.05. The highest BCUT2D eigenvalue weighted by Gasteiger charge is 2.29. The van der Waals surface area contributed by atoms with E-state index in [0.717, 1.165) is 5.57 Å². The average Bonchev–Trinajstić information content (AvgIpc) is 2.46. The van der Waals surface area contributed by atoms with Crippen LogP contribution in [0.15, 0.2) is 48.1 Å². The highest BCUT2D eigenvalue weighted by Crippen LogP contribution is 2.29. The lowest BCUT2D eigenvalue weighted by atomic mass is 9.81. The first-order chi connectivity index (χ1) is 9.53. The molecule has 104 valence electrons. The molecular formula is C17H18FNO. The minimum Gasteiger partial charge on any atom is -0.358 e. The minimum atomic E-state index is -0.515. The molecule has 1 aliphatic rings. The van der Waals surface area contributed by atoms with Gasteiger partial charge in [-0.1, -0.05) is 30.1 Å². The van der Waals surface area contributed by atoms with Gasteiger partial charge in [-0.2, -0.15) is 0 Å². The summed E-state index contributed by atoms with van der Waals surface area (Å²) < 4.78 is 13.0. The van der Waals surface area contributed by atoms with Gasteiger partial charge in [0.25, 0.3) is 0 Å². The van der Waals surface area contributed by atoms with Gasteiger partial charge in [-0.15, -0.1) is 0 Å². The van der Waals surface area contributed by atoms with Gasteiger partial charge in [-0.25, -0.2) is 4.39 Å². The van der Waals surface area contributed by atoms with Gasteiger partial charge in [0.15, 0.2) is 0 Å². The maximum absolute atomic E-state index is 13.0. The van der Waals surface area contributed by atoms with Gasteiger partial charge in [0.05, 0.1) is 5.41 Å². The zero-order chi connectivity index (χ0) is 14.6. The quantitative estimate of drug-likeness (QED) is 0.781. The first kappa shape index (κ1) is 14.1. The van der Waals surface area contributed by atoms with E-state index < -0.39 is 5.41 Å². The Labute approximate surface area is 119 Å². The van der Waals surface area contributed by atoms with Crippen LogP contribution in [0.4, 0.5) is 4.39 Å². The molecule has 0 saturated heterocycles. The number of halogens is 1. The summed E-state index contributed by atoms with van der Waals surface area (Å²) in [4.78, 5) is 11.7. The molecule has 0 fully saturated rings.